The van der Waals surface area contributed by atoms with Gasteiger partial charge in [0.2, 0.25) is 5.95 Å². The average Bonchev–Trinajstić information content (AvgIpc) is 3.29. The van der Waals surface area contributed by atoms with E-state index in [4.69, 9.17) is 0 Å². The molecule has 3 aromatic heterocycles. The fourth-order valence-electron chi connectivity index (χ4n) is 2.60. The third-order valence-corrected chi connectivity index (χ3v) is 4.27. The second-order valence-corrected chi connectivity index (χ2v) is 5.95. The predicted octanol–water partition coefficient (Wildman–Crippen LogP) is 2.78. The van der Waals surface area contributed by atoms with Crippen LogP contribution in [0.2, 0.25) is 0 Å². The van der Waals surface area contributed by atoms with E-state index >= 15 is 0 Å². The van der Waals surface area contributed by atoms with Crippen molar-refractivity contribution in [3.8, 4) is 0 Å². The topological polar surface area (TPSA) is 85.6 Å². The van der Waals surface area contributed by atoms with Gasteiger partial charge in [-0.15, -0.1) is 0 Å². The molecule has 25 heavy (non-hydrogen) atoms. The first-order chi connectivity index (χ1) is 12.3. The number of hydrogen-bond donors (Lipinski definition) is 1. The lowest BCUT2D eigenvalue weighted by Gasteiger charge is -2.09. The zero-order valence-corrected chi connectivity index (χ0v) is 14.0. The minimum atomic E-state index is -0.317. The molecule has 1 aromatic carbocycles. The number of hydrogen-bond acceptors (Lipinski definition) is 6. The van der Waals surface area contributed by atoms with Crippen LogP contribution in [0.3, 0.4) is 0 Å². The monoisotopic (exact) mass is 350 g/mol. The van der Waals surface area contributed by atoms with Crippen LogP contribution in [0, 0.1) is 0 Å². The third-order valence-electron chi connectivity index (χ3n) is 3.79. The quantitative estimate of drug-likeness (QED) is 0.598. The Kier molecular flexibility index (Phi) is 4.17. The number of benzene rings is 1. The Balaban J connectivity index is 1.64. The maximum absolute atomic E-state index is 12.3. The van der Waals surface area contributed by atoms with Gasteiger partial charge in [0.15, 0.2) is 5.69 Å². The van der Waals surface area contributed by atoms with Crippen LogP contribution in [-0.2, 0) is 13.0 Å². The summed E-state index contributed by atoms with van der Waals surface area (Å²) in [5.74, 6) is 0.179. The van der Waals surface area contributed by atoms with Gasteiger partial charge in [-0.05, 0) is 24.3 Å². The molecule has 4 rings (SSSR count). The molecule has 0 saturated heterocycles. The molecule has 0 saturated carbocycles. The van der Waals surface area contributed by atoms with Crippen molar-refractivity contribution in [2.45, 2.75) is 13.0 Å². The lowest BCUT2D eigenvalue weighted by Crippen LogP contribution is -2.17. The minimum absolute atomic E-state index is 0.285. The van der Waals surface area contributed by atoms with E-state index in [9.17, 15) is 4.79 Å². The minimum Gasteiger partial charge on any atom is -0.310 e. The molecule has 0 atom stereocenters. The van der Waals surface area contributed by atoms with Crippen molar-refractivity contribution in [1.29, 1.82) is 0 Å². The van der Waals surface area contributed by atoms with Crippen molar-refractivity contribution >= 4 is 34.6 Å². The number of imidazole rings is 1. The molecule has 0 aliphatic rings. The van der Waals surface area contributed by atoms with Crippen LogP contribution in [0.1, 0.15) is 16.2 Å². The van der Waals surface area contributed by atoms with Crippen molar-refractivity contribution in [1.82, 2.24) is 23.3 Å². The molecule has 0 radical (unpaired) electrons. The molecule has 8 heteroatoms. The Morgan fingerprint density at radius 3 is 2.84 bits per heavy atom. The number of carbonyl (C=O) groups excluding carboxylic acids is 1. The zero-order chi connectivity index (χ0) is 17.1. The molecular formula is C17H14N6OS. The van der Waals surface area contributed by atoms with Crippen LogP contribution >= 0.6 is 11.7 Å². The van der Waals surface area contributed by atoms with Crippen molar-refractivity contribution in [2.75, 3.05) is 5.32 Å². The number of amides is 1. The highest BCUT2D eigenvalue weighted by Crippen LogP contribution is 2.20. The van der Waals surface area contributed by atoms with E-state index in [2.05, 4.69) is 24.0 Å². The first-order valence-electron chi connectivity index (χ1n) is 7.75. The zero-order valence-electron chi connectivity index (χ0n) is 13.2. The standard InChI is InChI=1S/C17H14N6OS/c24-16(14-11-19-25-22-14)21-17-20-13-6-1-2-7-15(13)23(17)10-8-12-5-3-4-9-18-12/h1-7,9,11H,8,10H2,(H,20,21,24). The fraction of sp³-hybridized carbons (Fsp3) is 0.118. The molecule has 1 N–H and O–H groups in total. The fourth-order valence-corrected chi connectivity index (χ4v) is 3.01. The van der Waals surface area contributed by atoms with Gasteiger partial charge in [0.1, 0.15) is 0 Å². The second-order valence-electron chi connectivity index (χ2n) is 5.39. The molecule has 124 valence electrons. The Morgan fingerprint density at radius 2 is 2.04 bits per heavy atom. The molecule has 0 bridgehead atoms. The van der Waals surface area contributed by atoms with E-state index in [1.54, 1.807) is 6.20 Å². The van der Waals surface area contributed by atoms with E-state index in [0.29, 0.717) is 12.5 Å². The van der Waals surface area contributed by atoms with Gasteiger partial charge in [0.25, 0.3) is 5.91 Å². The van der Waals surface area contributed by atoms with Crippen LogP contribution in [0.4, 0.5) is 5.95 Å². The summed E-state index contributed by atoms with van der Waals surface area (Å²) >= 11 is 0.999. The third kappa shape index (κ3) is 3.24. The van der Waals surface area contributed by atoms with Crippen molar-refractivity contribution in [3.63, 3.8) is 0 Å². The van der Waals surface area contributed by atoms with E-state index in [1.165, 1.54) is 6.20 Å². The van der Waals surface area contributed by atoms with Gasteiger partial charge in [0.05, 0.1) is 29.0 Å². The lowest BCUT2D eigenvalue weighted by atomic mass is 10.2. The average molecular weight is 350 g/mol. The maximum Gasteiger partial charge on any atom is 0.279 e. The number of aryl methyl sites for hydroxylation is 2. The van der Waals surface area contributed by atoms with Gasteiger partial charge >= 0.3 is 0 Å². The number of nitrogens with one attached hydrogen (secondary N) is 1. The predicted molar refractivity (Wildman–Crippen MR) is 95.5 cm³/mol. The maximum atomic E-state index is 12.3. The summed E-state index contributed by atoms with van der Waals surface area (Å²) in [5, 5.41) is 2.84. The van der Waals surface area contributed by atoms with Crippen molar-refractivity contribution in [2.24, 2.45) is 0 Å². The number of rotatable bonds is 5. The van der Waals surface area contributed by atoms with Crippen LogP contribution in [0.5, 0.6) is 0 Å². The van der Waals surface area contributed by atoms with Gasteiger partial charge in [-0.25, -0.2) is 4.98 Å². The molecule has 0 aliphatic carbocycles. The van der Waals surface area contributed by atoms with Crippen LogP contribution in [-0.4, -0.2) is 29.2 Å². The van der Waals surface area contributed by atoms with Gasteiger partial charge in [-0.3, -0.25) is 15.1 Å². The van der Waals surface area contributed by atoms with Crippen LogP contribution < -0.4 is 5.32 Å². The molecule has 1 amide bonds. The van der Waals surface area contributed by atoms with Gasteiger partial charge in [-0.2, -0.15) is 8.75 Å². The summed E-state index contributed by atoms with van der Waals surface area (Å²) in [4.78, 5) is 21.2. The van der Waals surface area contributed by atoms with Crippen LogP contribution in [0.15, 0.2) is 54.9 Å². The van der Waals surface area contributed by atoms with E-state index in [-0.39, 0.29) is 11.6 Å². The highest BCUT2D eigenvalue weighted by Gasteiger charge is 2.16. The molecule has 7 nitrogen and oxygen atoms in total. The van der Waals surface area contributed by atoms with Gasteiger partial charge < -0.3 is 4.57 Å². The smallest absolute Gasteiger partial charge is 0.279 e. The summed E-state index contributed by atoms with van der Waals surface area (Å²) in [6.45, 7) is 0.655. The Labute approximate surface area is 147 Å². The van der Waals surface area contributed by atoms with Crippen LogP contribution in [0.25, 0.3) is 11.0 Å². The van der Waals surface area contributed by atoms with Crippen molar-refractivity contribution < 1.29 is 4.79 Å². The number of pyridine rings is 1. The SMILES string of the molecule is O=C(Nc1nc2ccccc2n1CCc1ccccn1)c1cnsn1. The van der Waals surface area contributed by atoms with Gasteiger partial charge in [-0.1, -0.05) is 18.2 Å². The first-order valence-corrected chi connectivity index (χ1v) is 8.48. The Hall–Kier alpha value is -3.13. The lowest BCUT2D eigenvalue weighted by molar-refractivity contribution is 0.102. The summed E-state index contributed by atoms with van der Waals surface area (Å²) in [7, 11) is 0. The number of nitrogens with zero attached hydrogens (tertiary/aromatic N) is 5. The number of carbonyl (C=O) groups is 1. The summed E-state index contributed by atoms with van der Waals surface area (Å²) < 4.78 is 9.81. The second kappa shape index (κ2) is 6.78. The molecule has 0 aliphatic heterocycles. The van der Waals surface area contributed by atoms with E-state index < -0.39 is 0 Å². The first kappa shape index (κ1) is 15.4. The van der Waals surface area contributed by atoms with E-state index in [0.717, 1.165) is 34.9 Å². The Bertz CT molecular complexity index is 997. The number of anilines is 1. The summed E-state index contributed by atoms with van der Waals surface area (Å²) in [6.07, 6.45) is 3.96. The van der Waals surface area contributed by atoms with Gasteiger partial charge in [0, 0.05) is 24.9 Å². The number of fused-ring (bicyclic) bond motifs is 1. The summed E-state index contributed by atoms with van der Waals surface area (Å²) in [6, 6.07) is 13.6. The molecule has 0 fully saturated rings. The molecule has 0 unspecified atom stereocenters. The number of aromatic nitrogens is 5. The van der Waals surface area contributed by atoms with E-state index in [1.807, 2.05) is 47.0 Å². The highest BCUT2D eigenvalue weighted by atomic mass is 32.1. The molecule has 4 aromatic rings. The van der Waals surface area contributed by atoms with Crippen molar-refractivity contribution in [3.05, 3.63) is 66.2 Å². The molecule has 3 heterocycles. The highest BCUT2D eigenvalue weighted by molar-refractivity contribution is 6.99. The largest absolute Gasteiger partial charge is 0.310 e. The molecule has 0 spiro atoms. The Morgan fingerprint density at radius 1 is 1.16 bits per heavy atom. The summed E-state index contributed by atoms with van der Waals surface area (Å²) in [5.41, 5.74) is 3.06. The number of para-hydroxylation sites is 2. The normalized spacial score (nSPS) is 10.9. The molecular weight excluding hydrogens is 336 g/mol.